The molecule has 1 amide bonds. The van der Waals surface area contributed by atoms with E-state index in [0.29, 0.717) is 11.3 Å². The van der Waals surface area contributed by atoms with E-state index in [-0.39, 0.29) is 5.91 Å². The molecule has 36 heavy (non-hydrogen) atoms. The highest BCUT2D eigenvalue weighted by atomic mass is 16.2. The van der Waals surface area contributed by atoms with Gasteiger partial charge in [-0.3, -0.25) is 4.79 Å². The van der Waals surface area contributed by atoms with Gasteiger partial charge in [-0.1, -0.05) is 91.0 Å². The van der Waals surface area contributed by atoms with E-state index in [9.17, 15) is 4.79 Å². The Kier molecular flexibility index (Phi) is 6.01. The molecule has 0 saturated carbocycles. The minimum absolute atomic E-state index is 0.0282. The summed E-state index contributed by atoms with van der Waals surface area (Å²) in [6, 6.07) is 34.7. The first kappa shape index (κ1) is 22.2. The monoisotopic (exact) mass is 474 g/mol. The number of hydrogen-bond donors (Lipinski definition) is 1. The normalized spacial score (nSPS) is 14.3. The van der Waals surface area contributed by atoms with E-state index < -0.39 is 0 Å². The second-order valence-electron chi connectivity index (χ2n) is 9.26. The zero-order chi connectivity index (χ0) is 24.3. The third kappa shape index (κ3) is 4.51. The van der Waals surface area contributed by atoms with Crippen LogP contribution in [0.4, 0.5) is 0 Å². The molecule has 1 fully saturated rings. The van der Waals surface area contributed by atoms with Crippen molar-refractivity contribution in [1.29, 1.82) is 0 Å². The predicted octanol–water partition coefficient (Wildman–Crippen LogP) is 3.60. The molecular formula is C30H28N5O+. The standard InChI is InChI=1S/C30H27N5O/c36-30(34-18-16-33(17-19-34)22-23-10-4-1-5-11-23)27-21-29-31-26(24-12-6-2-7-13-24)20-28(35(29)32-27)25-14-8-3-9-15-25/h1-15,20-21H,16-19,22H2/p+1. The van der Waals surface area contributed by atoms with Crippen molar-refractivity contribution in [2.24, 2.45) is 0 Å². The summed E-state index contributed by atoms with van der Waals surface area (Å²) in [5.41, 5.74) is 6.28. The van der Waals surface area contributed by atoms with Crippen molar-refractivity contribution in [3.63, 3.8) is 0 Å². The molecule has 1 saturated heterocycles. The summed E-state index contributed by atoms with van der Waals surface area (Å²) in [4.78, 5) is 21.7. The van der Waals surface area contributed by atoms with Crippen LogP contribution < -0.4 is 4.90 Å². The number of benzene rings is 3. The van der Waals surface area contributed by atoms with Crippen LogP contribution in [0.5, 0.6) is 0 Å². The second kappa shape index (κ2) is 9.76. The smallest absolute Gasteiger partial charge is 0.274 e. The van der Waals surface area contributed by atoms with E-state index in [1.165, 1.54) is 10.5 Å². The highest BCUT2D eigenvalue weighted by Crippen LogP contribution is 2.26. The number of quaternary nitrogens is 1. The maximum absolute atomic E-state index is 13.5. The average molecular weight is 475 g/mol. The number of aromatic nitrogens is 3. The molecule has 1 aliphatic heterocycles. The van der Waals surface area contributed by atoms with Gasteiger partial charge >= 0.3 is 0 Å². The van der Waals surface area contributed by atoms with Crippen LogP contribution in [0.1, 0.15) is 16.1 Å². The largest absolute Gasteiger partial charge is 0.328 e. The van der Waals surface area contributed by atoms with Gasteiger partial charge in [0, 0.05) is 22.8 Å². The molecule has 178 valence electrons. The maximum atomic E-state index is 13.5. The lowest BCUT2D eigenvalue weighted by Crippen LogP contribution is -3.13. The summed E-state index contributed by atoms with van der Waals surface area (Å²) in [7, 11) is 0. The van der Waals surface area contributed by atoms with Gasteiger partial charge in [-0.15, -0.1) is 0 Å². The SMILES string of the molecule is O=C(c1cc2nc(-c3ccccc3)cc(-c3ccccc3)n2n1)N1CC[NH+](Cc2ccccc2)CC1. The highest BCUT2D eigenvalue weighted by molar-refractivity contribution is 5.93. The number of nitrogens with one attached hydrogen (secondary N) is 1. The third-order valence-electron chi connectivity index (χ3n) is 6.84. The minimum Gasteiger partial charge on any atom is -0.328 e. The maximum Gasteiger partial charge on any atom is 0.274 e. The zero-order valence-electron chi connectivity index (χ0n) is 20.0. The van der Waals surface area contributed by atoms with E-state index in [1.807, 2.05) is 71.6 Å². The Morgan fingerprint density at radius 2 is 1.39 bits per heavy atom. The van der Waals surface area contributed by atoms with Crippen molar-refractivity contribution < 1.29 is 9.69 Å². The Labute approximate surface area is 210 Å². The summed E-state index contributed by atoms with van der Waals surface area (Å²) in [5.74, 6) is -0.0282. The molecule has 0 atom stereocenters. The second-order valence-corrected chi connectivity index (χ2v) is 9.26. The van der Waals surface area contributed by atoms with Gasteiger partial charge in [-0.05, 0) is 6.07 Å². The molecule has 6 rings (SSSR count). The molecule has 1 N–H and O–H groups in total. The summed E-state index contributed by atoms with van der Waals surface area (Å²) >= 11 is 0. The number of amides is 1. The lowest BCUT2D eigenvalue weighted by molar-refractivity contribution is -0.917. The van der Waals surface area contributed by atoms with Gasteiger partial charge in [-0.2, -0.15) is 5.10 Å². The first-order valence-electron chi connectivity index (χ1n) is 12.4. The quantitative estimate of drug-likeness (QED) is 0.424. The molecule has 0 radical (unpaired) electrons. The van der Waals surface area contributed by atoms with E-state index in [4.69, 9.17) is 10.1 Å². The average Bonchev–Trinajstić information content (AvgIpc) is 3.38. The molecule has 6 nitrogen and oxygen atoms in total. The molecule has 0 spiro atoms. The zero-order valence-corrected chi connectivity index (χ0v) is 20.0. The van der Waals surface area contributed by atoms with Crippen LogP contribution in [0, 0.1) is 0 Å². The highest BCUT2D eigenvalue weighted by Gasteiger charge is 2.27. The lowest BCUT2D eigenvalue weighted by atomic mass is 10.1. The Hall–Kier alpha value is -4.29. The molecule has 2 aromatic heterocycles. The van der Waals surface area contributed by atoms with Crippen LogP contribution in [0.15, 0.2) is 103 Å². The van der Waals surface area contributed by atoms with Gasteiger partial charge in [0.15, 0.2) is 11.3 Å². The molecule has 5 aromatic rings. The van der Waals surface area contributed by atoms with E-state index >= 15 is 0 Å². The van der Waals surface area contributed by atoms with Gasteiger partial charge in [0.2, 0.25) is 0 Å². The molecule has 3 aromatic carbocycles. The number of fused-ring (bicyclic) bond motifs is 1. The number of nitrogens with zero attached hydrogens (tertiary/aromatic N) is 4. The Balaban J connectivity index is 1.28. The number of hydrogen-bond acceptors (Lipinski definition) is 3. The van der Waals surface area contributed by atoms with E-state index in [0.717, 1.165) is 55.2 Å². The van der Waals surface area contributed by atoms with Gasteiger partial charge in [-0.25, -0.2) is 9.50 Å². The first-order chi connectivity index (χ1) is 17.7. The Morgan fingerprint density at radius 3 is 2.06 bits per heavy atom. The van der Waals surface area contributed by atoms with Gasteiger partial charge in [0.05, 0.1) is 37.6 Å². The number of carbonyl (C=O) groups is 1. The number of piperazine rings is 1. The van der Waals surface area contributed by atoms with Crippen molar-refractivity contribution in [3.05, 3.63) is 114 Å². The van der Waals surface area contributed by atoms with Gasteiger partial charge in [0.25, 0.3) is 5.91 Å². The van der Waals surface area contributed by atoms with Crippen LogP contribution in [0.3, 0.4) is 0 Å². The molecule has 1 aliphatic rings. The van der Waals surface area contributed by atoms with Crippen molar-refractivity contribution in [1.82, 2.24) is 19.5 Å². The van der Waals surface area contributed by atoms with Crippen LogP contribution in [-0.2, 0) is 6.54 Å². The summed E-state index contributed by atoms with van der Waals surface area (Å²) < 4.78 is 1.80. The van der Waals surface area contributed by atoms with E-state index in [2.05, 4.69) is 36.4 Å². The fraction of sp³-hybridized carbons (Fsp3) is 0.167. The summed E-state index contributed by atoms with van der Waals surface area (Å²) in [6.45, 7) is 4.30. The lowest BCUT2D eigenvalue weighted by Gasteiger charge is -2.31. The Morgan fingerprint density at radius 1 is 0.778 bits per heavy atom. The summed E-state index contributed by atoms with van der Waals surface area (Å²) in [5, 5.41) is 4.74. The van der Waals surface area contributed by atoms with Crippen molar-refractivity contribution in [2.75, 3.05) is 26.2 Å². The third-order valence-corrected chi connectivity index (χ3v) is 6.84. The number of rotatable bonds is 5. The van der Waals surface area contributed by atoms with Crippen molar-refractivity contribution >= 4 is 11.6 Å². The van der Waals surface area contributed by atoms with Crippen LogP contribution in [0.2, 0.25) is 0 Å². The van der Waals surface area contributed by atoms with Crippen LogP contribution >= 0.6 is 0 Å². The molecule has 6 heteroatoms. The first-order valence-corrected chi connectivity index (χ1v) is 12.4. The van der Waals surface area contributed by atoms with Crippen molar-refractivity contribution in [3.8, 4) is 22.5 Å². The van der Waals surface area contributed by atoms with Crippen LogP contribution in [0.25, 0.3) is 28.2 Å². The topological polar surface area (TPSA) is 54.9 Å². The molecule has 0 bridgehead atoms. The Bertz CT molecular complexity index is 1470. The van der Waals surface area contributed by atoms with Gasteiger partial charge in [0.1, 0.15) is 6.54 Å². The van der Waals surface area contributed by atoms with Crippen molar-refractivity contribution in [2.45, 2.75) is 6.54 Å². The minimum atomic E-state index is -0.0282. The molecule has 3 heterocycles. The molecule has 0 aliphatic carbocycles. The fourth-order valence-electron chi connectivity index (χ4n) is 4.90. The number of carbonyl (C=O) groups excluding carboxylic acids is 1. The fourth-order valence-corrected chi connectivity index (χ4v) is 4.90. The van der Waals surface area contributed by atoms with E-state index in [1.54, 1.807) is 4.52 Å². The molecular weight excluding hydrogens is 446 g/mol. The van der Waals surface area contributed by atoms with Crippen LogP contribution in [-0.4, -0.2) is 51.6 Å². The summed E-state index contributed by atoms with van der Waals surface area (Å²) in [6.07, 6.45) is 0. The predicted molar refractivity (Wildman–Crippen MR) is 141 cm³/mol. The molecule has 0 unspecified atom stereocenters. The van der Waals surface area contributed by atoms with Gasteiger partial charge < -0.3 is 9.80 Å².